The zero-order valence-corrected chi connectivity index (χ0v) is 12.1. The highest BCUT2D eigenvalue weighted by molar-refractivity contribution is 6.36. The molecule has 2 amide bonds. The van der Waals surface area contributed by atoms with Crippen LogP contribution in [0.1, 0.15) is 18.2 Å². The summed E-state index contributed by atoms with van der Waals surface area (Å²) in [7, 11) is 4.63. The maximum atomic E-state index is 12.2. The van der Waals surface area contributed by atoms with Gasteiger partial charge in [-0.15, -0.1) is 0 Å². The predicted octanol–water partition coefficient (Wildman–Crippen LogP) is -0.0975. The van der Waals surface area contributed by atoms with E-state index in [0.29, 0.717) is 28.2 Å². The van der Waals surface area contributed by atoms with Gasteiger partial charge in [-0.05, 0) is 13.8 Å². The van der Waals surface area contributed by atoms with Crippen LogP contribution >= 0.6 is 0 Å². The summed E-state index contributed by atoms with van der Waals surface area (Å²) in [5.41, 5.74) is 1.31. The average molecular weight is 276 g/mol. The van der Waals surface area contributed by atoms with E-state index in [1.807, 2.05) is 0 Å². The fourth-order valence-corrected chi connectivity index (χ4v) is 2.26. The summed E-state index contributed by atoms with van der Waals surface area (Å²) in [6, 6.07) is 0. The van der Waals surface area contributed by atoms with E-state index in [0.717, 1.165) is 4.90 Å². The summed E-state index contributed by atoms with van der Waals surface area (Å²) in [5, 5.41) is 2.81. The van der Waals surface area contributed by atoms with Gasteiger partial charge in [0.15, 0.2) is 0 Å². The topological polar surface area (TPSA) is 84.3 Å². The van der Waals surface area contributed by atoms with Crippen LogP contribution in [0.25, 0.3) is 5.57 Å². The van der Waals surface area contributed by atoms with Crippen molar-refractivity contribution >= 4 is 23.2 Å². The highest BCUT2D eigenvalue weighted by Crippen LogP contribution is 2.32. The van der Waals surface area contributed by atoms with Crippen LogP contribution in [0.4, 0.5) is 5.82 Å². The molecule has 1 aromatic rings. The number of anilines is 1. The Hall–Kier alpha value is -2.44. The number of imide groups is 1. The van der Waals surface area contributed by atoms with Crippen molar-refractivity contribution in [2.75, 3.05) is 19.4 Å². The predicted molar refractivity (Wildman–Crippen MR) is 74.1 cm³/mol. The molecule has 1 aliphatic rings. The minimum Gasteiger partial charge on any atom is -0.372 e. The van der Waals surface area contributed by atoms with Crippen molar-refractivity contribution in [3.8, 4) is 0 Å². The molecule has 0 bridgehead atoms. The van der Waals surface area contributed by atoms with E-state index in [4.69, 9.17) is 0 Å². The summed E-state index contributed by atoms with van der Waals surface area (Å²) >= 11 is 0. The number of aromatic nitrogens is 2. The highest BCUT2D eigenvalue weighted by Gasteiger charge is 2.36. The molecule has 1 N–H and O–H groups in total. The third kappa shape index (κ3) is 1.74. The molecule has 0 saturated carbocycles. The summed E-state index contributed by atoms with van der Waals surface area (Å²) < 4.78 is 1.35. The van der Waals surface area contributed by atoms with Crippen molar-refractivity contribution < 1.29 is 9.59 Å². The van der Waals surface area contributed by atoms with Gasteiger partial charge in [0, 0.05) is 38.0 Å². The van der Waals surface area contributed by atoms with E-state index in [-0.39, 0.29) is 11.8 Å². The van der Waals surface area contributed by atoms with Crippen LogP contribution in [0.5, 0.6) is 0 Å². The van der Waals surface area contributed by atoms with E-state index in [2.05, 4.69) is 10.3 Å². The number of amides is 2. The molecule has 1 aromatic heterocycles. The van der Waals surface area contributed by atoms with Crippen LogP contribution in [-0.2, 0) is 16.6 Å². The number of hydrogen-bond donors (Lipinski definition) is 1. The second-order valence-corrected chi connectivity index (χ2v) is 4.68. The van der Waals surface area contributed by atoms with Gasteiger partial charge in [0.05, 0.1) is 5.57 Å². The zero-order valence-electron chi connectivity index (χ0n) is 12.1. The molecule has 0 fully saturated rings. The Balaban J connectivity index is 2.83. The molecule has 7 nitrogen and oxygen atoms in total. The first-order valence-electron chi connectivity index (χ1n) is 6.10. The molecule has 0 saturated heterocycles. The Labute approximate surface area is 115 Å². The largest absolute Gasteiger partial charge is 0.372 e. The molecule has 7 heteroatoms. The van der Waals surface area contributed by atoms with E-state index in [9.17, 15) is 14.4 Å². The smallest absolute Gasteiger partial charge is 0.349 e. The molecule has 1 aliphatic heterocycles. The quantitative estimate of drug-likeness (QED) is 0.763. The SMILES string of the molecule is CNc1nc(=O)n(C)c(C)c1C1=C(C)C(=O)N(C)C1=O. The number of rotatable bonds is 2. The fraction of sp³-hybridized carbons (Fsp3) is 0.385. The first kappa shape index (κ1) is 14.0. The van der Waals surface area contributed by atoms with Gasteiger partial charge >= 0.3 is 5.69 Å². The normalized spacial score (nSPS) is 15.3. The summed E-state index contributed by atoms with van der Waals surface area (Å²) in [6.45, 7) is 3.32. The maximum absolute atomic E-state index is 12.2. The average Bonchev–Trinajstić information content (AvgIpc) is 2.61. The van der Waals surface area contributed by atoms with Gasteiger partial charge in [0.1, 0.15) is 5.82 Å². The zero-order chi connectivity index (χ0) is 15.2. The molecular formula is C13H16N4O3. The summed E-state index contributed by atoms with van der Waals surface area (Å²) in [4.78, 5) is 40.8. The lowest BCUT2D eigenvalue weighted by molar-refractivity contribution is -0.135. The second kappa shape index (κ2) is 4.59. The Kier molecular flexibility index (Phi) is 3.21. The Morgan fingerprint density at radius 1 is 1.05 bits per heavy atom. The molecule has 0 atom stereocenters. The van der Waals surface area contributed by atoms with Gasteiger partial charge in [-0.1, -0.05) is 0 Å². The number of carbonyl (C=O) groups is 2. The van der Waals surface area contributed by atoms with Crippen LogP contribution in [0.2, 0.25) is 0 Å². The lowest BCUT2D eigenvalue weighted by Gasteiger charge is -2.15. The molecule has 20 heavy (non-hydrogen) atoms. The highest BCUT2D eigenvalue weighted by atomic mass is 16.2. The van der Waals surface area contributed by atoms with E-state index < -0.39 is 5.69 Å². The van der Waals surface area contributed by atoms with Crippen molar-refractivity contribution in [3.05, 3.63) is 27.3 Å². The molecule has 0 aliphatic carbocycles. The van der Waals surface area contributed by atoms with Crippen molar-refractivity contribution in [1.29, 1.82) is 0 Å². The molecule has 0 aromatic carbocycles. The van der Waals surface area contributed by atoms with Gasteiger partial charge < -0.3 is 5.32 Å². The van der Waals surface area contributed by atoms with E-state index >= 15 is 0 Å². The second-order valence-electron chi connectivity index (χ2n) is 4.68. The molecule has 106 valence electrons. The molecule has 2 heterocycles. The Morgan fingerprint density at radius 3 is 2.10 bits per heavy atom. The number of likely N-dealkylation sites (N-methyl/N-ethyl adjacent to an activating group) is 1. The maximum Gasteiger partial charge on any atom is 0.349 e. The molecule has 0 spiro atoms. The monoisotopic (exact) mass is 276 g/mol. The van der Waals surface area contributed by atoms with Crippen molar-refractivity contribution in [3.63, 3.8) is 0 Å². The first-order valence-corrected chi connectivity index (χ1v) is 6.10. The fourth-order valence-electron chi connectivity index (χ4n) is 2.26. The standard InChI is InChI=1S/C13H16N4O3/c1-6-8(12(19)17(5)11(6)18)9-7(2)16(4)13(20)15-10(9)14-3/h1-5H3,(H,14,15,20). The van der Waals surface area contributed by atoms with Gasteiger partial charge in [-0.3, -0.25) is 19.1 Å². The summed E-state index contributed by atoms with van der Waals surface area (Å²) in [5.74, 6) is -0.413. The van der Waals surface area contributed by atoms with Crippen LogP contribution in [0.3, 0.4) is 0 Å². The van der Waals surface area contributed by atoms with E-state index in [1.54, 1.807) is 27.9 Å². The van der Waals surface area contributed by atoms with Crippen molar-refractivity contribution in [2.24, 2.45) is 7.05 Å². The Bertz CT molecular complexity index is 715. The molecule has 2 rings (SSSR count). The number of nitrogens with zero attached hydrogens (tertiary/aromatic N) is 3. The lowest BCUT2D eigenvalue weighted by Crippen LogP contribution is -2.28. The molecule has 0 unspecified atom stereocenters. The van der Waals surface area contributed by atoms with Crippen LogP contribution in [0.15, 0.2) is 10.4 Å². The van der Waals surface area contributed by atoms with Gasteiger partial charge in [0.25, 0.3) is 11.8 Å². The van der Waals surface area contributed by atoms with Crippen LogP contribution in [-0.4, -0.2) is 40.4 Å². The molecule has 0 radical (unpaired) electrons. The number of carbonyl (C=O) groups excluding carboxylic acids is 2. The Morgan fingerprint density at radius 2 is 1.65 bits per heavy atom. The molecular weight excluding hydrogens is 260 g/mol. The first-order chi connectivity index (χ1) is 9.31. The van der Waals surface area contributed by atoms with Crippen LogP contribution in [0, 0.1) is 6.92 Å². The van der Waals surface area contributed by atoms with Gasteiger partial charge in [0.2, 0.25) is 0 Å². The third-order valence-electron chi connectivity index (χ3n) is 3.60. The lowest BCUT2D eigenvalue weighted by atomic mass is 10.0. The van der Waals surface area contributed by atoms with Crippen molar-refractivity contribution in [1.82, 2.24) is 14.5 Å². The van der Waals surface area contributed by atoms with E-state index in [1.165, 1.54) is 11.6 Å². The van der Waals surface area contributed by atoms with Crippen molar-refractivity contribution in [2.45, 2.75) is 13.8 Å². The minimum atomic E-state index is -0.418. The number of nitrogens with one attached hydrogen (secondary N) is 1. The summed E-state index contributed by atoms with van der Waals surface area (Å²) in [6.07, 6.45) is 0. The van der Waals surface area contributed by atoms with Gasteiger partial charge in [-0.2, -0.15) is 4.98 Å². The number of hydrogen-bond acceptors (Lipinski definition) is 5. The minimum absolute atomic E-state index is 0.294. The van der Waals surface area contributed by atoms with Crippen LogP contribution < -0.4 is 11.0 Å². The van der Waals surface area contributed by atoms with Gasteiger partial charge in [-0.25, -0.2) is 4.79 Å². The third-order valence-corrected chi connectivity index (χ3v) is 3.60.